The second kappa shape index (κ2) is 6.68. The van der Waals surface area contributed by atoms with Gasteiger partial charge in [-0.15, -0.1) is 0 Å². The molecular weight excluding hydrogens is 238 g/mol. The first-order chi connectivity index (χ1) is 9.20. The molecule has 0 saturated heterocycles. The van der Waals surface area contributed by atoms with Gasteiger partial charge in [0.05, 0.1) is 0 Å². The maximum Gasteiger partial charge on any atom is 0.251 e. The molecule has 19 heavy (non-hydrogen) atoms. The molecule has 1 aromatic carbocycles. The van der Waals surface area contributed by atoms with E-state index < -0.39 is 0 Å². The Balaban J connectivity index is 1.75. The van der Waals surface area contributed by atoms with Crippen molar-refractivity contribution in [3.63, 3.8) is 0 Å². The quantitative estimate of drug-likeness (QED) is 0.770. The van der Waals surface area contributed by atoms with E-state index in [1.807, 2.05) is 24.3 Å². The van der Waals surface area contributed by atoms with Crippen LogP contribution < -0.4 is 11.1 Å². The van der Waals surface area contributed by atoms with E-state index >= 15 is 0 Å². The zero-order valence-electron chi connectivity index (χ0n) is 11.6. The predicted octanol–water partition coefficient (Wildman–Crippen LogP) is 1.01. The zero-order chi connectivity index (χ0) is 13.7. The van der Waals surface area contributed by atoms with Crippen LogP contribution in [0, 0.1) is 0 Å². The molecule has 0 atom stereocenters. The van der Waals surface area contributed by atoms with E-state index in [1.165, 1.54) is 18.4 Å². The lowest BCUT2D eigenvalue weighted by Crippen LogP contribution is -2.33. The van der Waals surface area contributed by atoms with Crippen molar-refractivity contribution in [2.45, 2.75) is 25.3 Å². The lowest BCUT2D eigenvalue weighted by atomic mass is 10.1. The summed E-state index contributed by atoms with van der Waals surface area (Å²) in [6.45, 7) is 2.26. The maximum absolute atomic E-state index is 11.9. The molecule has 1 saturated carbocycles. The maximum atomic E-state index is 11.9. The van der Waals surface area contributed by atoms with Gasteiger partial charge >= 0.3 is 0 Å². The monoisotopic (exact) mass is 261 g/mol. The van der Waals surface area contributed by atoms with E-state index in [1.54, 1.807) is 0 Å². The van der Waals surface area contributed by atoms with Crippen molar-refractivity contribution in [2.75, 3.05) is 26.7 Å². The number of benzene rings is 1. The van der Waals surface area contributed by atoms with E-state index in [-0.39, 0.29) is 5.91 Å². The van der Waals surface area contributed by atoms with Gasteiger partial charge in [-0.05, 0) is 50.6 Å². The molecule has 3 N–H and O–H groups in total. The fourth-order valence-corrected chi connectivity index (χ4v) is 2.14. The van der Waals surface area contributed by atoms with E-state index in [2.05, 4.69) is 17.3 Å². The van der Waals surface area contributed by atoms with Crippen molar-refractivity contribution in [3.8, 4) is 0 Å². The molecule has 104 valence electrons. The van der Waals surface area contributed by atoms with Crippen molar-refractivity contribution in [3.05, 3.63) is 35.4 Å². The highest BCUT2D eigenvalue weighted by atomic mass is 16.1. The van der Waals surface area contributed by atoms with Crippen LogP contribution in [-0.4, -0.2) is 43.5 Å². The molecule has 0 radical (unpaired) electrons. The number of nitrogens with one attached hydrogen (secondary N) is 1. The number of carbonyl (C=O) groups excluding carboxylic acids is 1. The van der Waals surface area contributed by atoms with Gasteiger partial charge < -0.3 is 16.0 Å². The molecule has 0 heterocycles. The Labute approximate surface area is 115 Å². The summed E-state index contributed by atoms with van der Waals surface area (Å²) in [7, 11) is 2.12. The van der Waals surface area contributed by atoms with Crippen LogP contribution in [0.3, 0.4) is 0 Å². The fourth-order valence-electron chi connectivity index (χ4n) is 2.14. The normalized spacial score (nSPS) is 14.7. The molecule has 4 heteroatoms. The molecule has 4 nitrogen and oxygen atoms in total. The summed E-state index contributed by atoms with van der Waals surface area (Å²) in [6, 6.07) is 8.42. The lowest BCUT2D eigenvalue weighted by Gasteiger charge is -2.15. The minimum Gasteiger partial charge on any atom is -0.351 e. The molecule has 0 unspecified atom stereocenters. The van der Waals surface area contributed by atoms with Crippen molar-refractivity contribution in [2.24, 2.45) is 5.73 Å². The Morgan fingerprint density at radius 2 is 2.05 bits per heavy atom. The number of rotatable bonds is 7. The third-order valence-corrected chi connectivity index (χ3v) is 3.57. The molecule has 1 aliphatic rings. The molecule has 1 amide bonds. The van der Waals surface area contributed by atoms with Gasteiger partial charge in [-0.1, -0.05) is 12.1 Å². The molecule has 1 aliphatic carbocycles. The van der Waals surface area contributed by atoms with Crippen molar-refractivity contribution in [1.29, 1.82) is 0 Å². The highest BCUT2D eigenvalue weighted by Gasteiger charge is 2.25. The summed E-state index contributed by atoms with van der Waals surface area (Å²) in [5, 5.41) is 2.96. The molecule has 0 aromatic heterocycles. The van der Waals surface area contributed by atoms with E-state index in [0.29, 0.717) is 13.1 Å². The Morgan fingerprint density at radius 3 is 2.63 bits per heavy atom. The highest BCUT2D eigenvalue weighted by Crippen LogP contribution is 2.24. The van der Waals surface area contributed by atoms with Crippen LogP contribution in [0.25, 0.3) is 0 Å². The summed E-state index contributed by atoms with van der Waals surface area (Å²) in [5.41, 5.74) is 7.39. The number of carbonyl (C=O) groups is 1. The first kappa shape index (κ1) is 14.0. The summed E-state index contributed by atoms with van der Waals surface area (Å²) < 4.78 is 0. The Kier molecular flexibility index (Phi) is 4.93. The molecule has 1 fully saturated rings. The highest BCUT2D eigenvalue weighted by molar-refractivity contribution is 5.94. The SMILES string of the molecule is CN(CCNC(=O)c1ccc(CCN)cc1)C1CC1. The van der Waals surface area contributed by atoms with Crippen LogP contribution in [0.15, 0.2) is 24.3 Å². The fraction of sp³-hybridized carbons (Fsp3) is 0.533. The molecule has 0 spiro atoms. The summed E-state index contributed by atoms with van der Waals surface area (Å²) in [6.07, 6.45) is 3.45. The number of amides is 1. The summed E-state index contributed by atoms with van der Waals surface area (Å²) in [5.74, 6) is 0.00324. The van der Waals surface area contributed by atoms with Gasteiger partial charge in [0.1, 0.15) is 0 Å². The molecule has 0 aliphatic heterocycles. The number of nitrogens with zero attached hydrogens (tertiary/aromatic N) is 1. The Morgan fingerprint density at radius 1 is 1.37 bits per heavy atom. The molecule has 2 rings (SSSR count). The van der Waals surface area contributed by atoms with E-state index in [0.717, 1.165) is 24.6 Å². The van der Waals surface area contributed by atoms with Crippen LogP contribution >= 0.6 is 0 Å². The number of hydrogen-bond acceptors (Lipinski definition) is 3. The second-order valence-corrected chi connectivity index (χ2v) is 5.20. The smallest absolute Gasteiger partial charge is 0.251 e. The van der Waals surface area contributed by atoms with Gasteiger partial charge in [-0.2, -0.15) is 0 Å². The Hall–Kier alpha value is -1.39. The third kappa shape index (κ3) is 4.33. The first-order valence-electron chi connectivity index (χ1n) is 6.98. The Bertz CT molecular complexity index is 412. The van der Waals surface area contributed by atoms with Crippen LogP contribution in [0.4, 0.5) is 0 Å². The largest absolute Gasteiger partial charge is 0.351 e. The van der Waals surface area contributed by atoms with Crippen LogP contribution in [0.1, 0.15) is 28.8 Å². The minimum absolute atomic E-state index is 0.00324. The van der Waals surface area contributed by atoms with Crippen LogP contribution in [0.5, 0.6) is 0 Å². The summed E-state index contributed by atoms with van der Waals surface area (Å²) >= 11 is 0. The van der Waals surface area contributed by atoms with Gasteiger partial charge in [0, 0.05) is 24.7 Å². The number of hydrogen-bond donors (Lipinski definition) is 2. The first-order valence-corrected chi connectivity index (χ1v) is 6.98. The summed E-state index contributed by atoms with van der Waals surface area (Å²) in [4.78, 5) is 14.2. The van der Waals surface area contributed by atoms with Crippen molar-refractivity contribution < 1.29 is 4.79 Å². The number of likely N-dealkylation sites (N-methyl/N-ethyl adjacent to an activating group) is 1. The zero-order valence-corrected chi connectivity index (χ0v) is 11.6. The van der Waals surface area contributed by atoms with Gasteiger partial charge in [0.15, 0.2) is 0 Å². The van der Waals surface area contributed by atoms with Crippen molar-refractivity contribution >= 4 is 5.91 Å². The van der Waals surface area contributed by atoms with Gasteiger partial charge in [0.25, 0.3) is 5.91 Å². The van der Waals surface area contributed by atoms with E-state index in [4.69, 9.17) is 5.73 Å². The predicted molar refractivity (Wildman–Crippen MR) is 77.2 cm³/mol. The average Bonchev–Trinajstić information content (AvgIpc) is 3.24. The van der Waals surface area contributed by atoms with Gasteiger partial charge in [-0.25, -0.2) is 0 Å². The standard InChI is InChI=1S/C15H23N3O/c1-18(14-6-7-14)11-10-17-15(19)13-4-2-12(3-5-13)8-9-16/h2-5,14H,6-11,16H2,1H3,(H,17,19). The van der Waals surface area contributed by atoms with E-state index in [9.17, 15) is 4.79 Å². The number of nitrogens with two attached hydrogens (primary N) is 1. The third-order valence-electron chi connectivity index (χ3n) is 3.57. The van der Waals surface area contributed by atoms with Crippen LogP contribution in [-0.2, 0) is 6.42 Å². The second-order valence-electron chi connectivity index (χ2n) is 5.20. The topological polar surface area (TPSA) is 58.4 Å². The average molecular weight is 261 g/mol. The van der Waals surface area contributed by atoms with Gasteiger partial charge in [0.2, 0.25) is 0 Å². The van der Waals surface area contributed by atoms with Gasteiger partial charge in [-0.3, -0.25) is 4.79 Å². The molecular formula is C15H23N3O. The molecule has 1 aromatic rings. The van der Waals surface area contributed by atoms with Crippen LogP contribution in [0.2, 0.25) is 0 Å². The molecule has 0 bridgehead atoms. The lowest BCUT2D eigenvalue weighted by molar-refractivity contribution is 0.0949. The minimum atomic E-state index is 0.00324. The van der Waals surface area contributed by atoms with Crippen molar-refractivity contribution in [1.82, 2.24) is 10.2 Å².